The number of amidine groups is 1. The molecule has 0 radical (unpaired) electrons. The van der Waals surface area contributed by atoms with Crippen molar-refractivity contribution in [2.75, 3.05) is 26.3 Å². The first-order chi connectivity index (χ1) is 14.3. The molecule has 0 saturated carbocycles. The van der Waals surface area contributed by atoms with Crippen LogP contribution in [-0.4, -0.2) is 55.1 Å². The van der Waals surface area contributed by atoms with Crippen molar-refractivity contribution in [2.24, 2.45) is 16.8 Å². The van der Waals surface area contributed by atoms with Gasteiger partial charge < -0.3 is 10.1 Å². The van der Waals surface area contributed by atoms with Crippen molar-refractivity contribution in [3.05, 3.63) is 46.4 Å². The van der Waals surface area contributed by atoms with Gasteiger partial charge in [-0.05, 0) is 37.3 Å². The van der Waals surface area contributed by atoms with Crippen molar-refractivity contribution in [1.82, 2.24) is 14.6 Å². The fourth-order valence-corrected chi connectivity index (χ4v) is 6.40. The molecule has 4 heterocycles. The summed E-state index contributed by atoms with van der Waals surface area (Å²) in [7, 11) is -3.34. The number of allylic oxidation sites excluding steroid dienone is 1. The van der Waals surface area contributed by atoms with Crippen LogP contribution in [0.3, 0.4) is 0 Å². The van der Waals surface area contributed by atoms with Gasteiger partial charge in [-0.3, -0.25) is 0 Å². The molecule has 0 aromatic carbocycles. The lowest BCUT2D eigenvalue weighted by Crippen LogP contribution is -2.49. The Morgan fingerprint density at radius 2 is 2.07 bits per heavy atom. The monoisotopic (exact) mass is 454 g/mol. The van der Waals surface area contributed by atoms with Crippen LogP contribution in [0.15, 0.2) is 39.9 Å². The van der Waals surface area contributed by atoms with E-state index >= 15 is 0 Å². The molecule has 2 atom stereocenters. The highest BCUT2D eigenvalue weighted by atomic mass is 35.5. The zero-order valence-corrected chi connectivity index (χ0v) is 18.2. The smallest absolute Gasteiger partial charge is 0.217 e. The van der Waals surface area contributed by atoms with Crippen LogP contribution in [-0.2, 0) is 14.8 Å². The molecule has 1 aromatic rings. The lowest BCUT2D eigenvalue weighted by Gasteiger charge is -2.39. The molecule has 3 aliphatic heterocycles. The summed E-state index contributed by atoms with van der Waals surface area (Å²) in [4.78, 5) is 8.27. The maximum Gasteiger partial charge on any atom is 0.217 e. The van der Waals surface area contributed by atoms with E-state index in [-0.39, 0.29) is 22.2 Å². The Labute approximate surface area is 180 Å². The number of aliphatic imine (C=N–C) groups is 1. The zero-order chi connectivity index (χ0) is 21.3. The quantitative estimate of drug-likeness (QED) is 0.558. The van der Waals surface area contributed by atoms with Crippen molar-refractivity contribution in [1.29, 1.82) is 0 Å². The number of hydrogen-bond donors (Lipinski definition) is 1. The Bertz CT molecular complexity index is 999. The van der Waals surface area contributed by atoms with Gasteiger partial charge in [-0.25, -0.2) is 27.1 Å². The third-order valence-electron chi connectivity index (χ3n) is 5.86. The van der Waals surface area contributed by atoms with Gasteiger partial charge in [0.05, 0.1) is 17.1 Å². The van der Waals surface area contributed by atoms with Crippen LogP contribution in [0, 0.1) is 17.7 Å². The Morgan fingerprint density at radius 3 is 2.73 bits per heavy atom. The molecule has 0 amide bonds. The van der Waals surface area contributed by atoms with Crippen LogP contribution in [0.4, 0.5) is 4.39 Å². The van der Waals surface area contributed by atoms with Gasteiger partial charge in [-0.15, -0.1) is 0 Å². The highest BCUT2D eigenvalue weighted by molar-refractivity contribution is 7.89. The number of nitrogens with zero attached hydrogens (tertiary/aromatic N) is 3. The van der Waals surface area contributed by atoms with Crippen LogP contribution in [0.25, 0.3) is 0 Å². The molecule has 4 rings (SSSR count). The van der Waals surface area contributed by atoms with Crippen LogP contribution < -0.4 is 5.32 Å². The van der Waals surface area contributed by atoms with Crippen molar-refractivity contribution in [3.8, 4) is 0 Å². The minimum Gasteiger partial charge on any atom is -0.381 e. The average molecular weight is 455 g/mol. The minimum atomic E-state index is -3.34. The SMILES string of the molecule is C[C@H]1CN(S(=O)(=O)C2CCOCC2)CC[C@H]1C1=C=C(Cl)N=C(c2ccc(F)cn2)N1. The molecule has 10 heteroatoms. The Kier molecular flexibility index (Phi) is 6.27. The number of nitrogens with one attached hydrogen (secondary N) is 1. The van der Waals surface area contributed by atoms with Crippen molar-refractivity contribution >= 4 is 27.5 Å². The van der Waals surface area contributed by atoms with Gasteiger partial charge in [-0.1, -0.05) is 24.3 Å². The molecule has 2 fully saturated rings. The van der Waals surface area contributed by atoms with E-state index in [1.807, 2.05) is 6.92 Å². The van der Waals surface area contributed by atoms with E-state index in [9.17, 15) is 12.8 Å². The van der Waals surface area contributed by atoms with E-state index in [1.165, 1.54) is 12.1 Å². The Hall–Kier alpha value is -1.77. The number of aromatic nitrogens is 1. The fourth-order valence-electron chi connectivity index (χ4n) is 4.20. The summed E-state index contributed by atoms with van der Waals surface area (Å²) in [6, 6.07) is 2.84. The molecule has 0 aliphatic carbocycles. The first-order valence-electron chi connectivity index (χ1n) is 10.1. The molecule has 30 heavy (non-hydrogen) atoms. The predicted molar refractivity (Wildman–Crippen MR) is 112 cm³/mol. The fraction of sp³-hybridized carbons (Fsp3) is 0.550. The van der Waals surface area contributed by atoms with Crippen molar-refractivity contribution < 1.29 is 17.5 Å². The number of sulfonamides is 1. The second kappa shape index (κ2) is 8.77. The summed E-state index contributed by atoms with van der Waals surface area (Å²) in [5.74, 6) is 0.108. The predicted octanol–water partition coefficient (Wildman–Crippen LogP) is 2.60. The Balaban J connectivity index is 1.47. The molecule has 162 valence electrons. The van der Waals surface area contributed by atoms with Gasteiger partial charge in [0, 0.05) is 32.2 Å². The summed E-state index contributed by atoms with van der Waals surface area (Å²) in [5, 5.41) is 3.05. The average Bonchev–Trinajstić information content (AvgIpc) is 2.74. The van der Waals surface area contributed by atoms with Crippen LogP contribution >= 0.6 is 11.6 Å². The number of pyridine rings is 1. The van der Waals surface area contributed by atoms with Gasteiger partial charge in [0.25, 0.3) is 0 Å². The van der Waals surface area contributed by atoms with E-state index in [4.69, 9.17) is 16.3 Å². The number of halogens is 2. The molecular weight excluding hydrogens is 431 g/mol. The first kappa shape index (κ1) is 21.5. The summed E-state index contributed by atoms with van der Waals surface area (Å²) < 4.78 is 46.2. The van der Waals surface area contributed by atoms with E-state index in [0.717, 1.165) is 11.9 Å². The molecule has 1 N–H and O–H groups in total. The maximum atomic E-state index is 13.2. The van der Waals surface area contributed by atoms with Gasteiger partial charge in [0.15, 0.2) is 11.0 Å². The molecule has 0 spiro atoms. The molecule has 1 aromatic heterocycles. The normalized spacial score (nSPS) is 26.4. The van der Waals surface area contributed by atoms with Gasteiger partial charge in [0.2, 0.25) is 10.0 Å². The molecule has 7 nitrogen and oxygen atoms in total. The second-order valence-electron chi connectivity index (χ2n) is 7.86. The minimum absolute atomic E-state index is 0.0471. The third kappa shape index (κ3) is 4.45. The highest BCUT2D eigenvalue weighted by Crippen LogP contribution is 2.33. The largest absolute Gasteiger partial charge is 0.381 e. The number of hydrogen-bond acceptors (Lipinski definition) is 6. The van der Waals surface area contributed by atoms with Gasteiger partial charge >= 0.3 is 0 Å². The maximum absolute atomic E-state index is 13.2. The summed E-state index contributed by atoms with van der Waals surface area (Å²) in [6.45, 7) is 3.91. The van der Waals surface area contributed by atoms with Crippen molar-refractivity contribution in [3.63, 3.8) is 0 Å². The van der Waals surface area contributed by atoms with E-state index in [2.05, 4.69) is 21.0 Å². The van der Waals surface area contributed by atoms with Crippen LogP contribution in [0.1, 0.15) is 31.9 Å². The molecular formula is C20H24ClFN4O3S. The lowest BCUT2D eigenvalue weighted by atomic mass is 9.85. The molecule has 3 aliphatic rings. The molecule has 0 unspecified atom stereocenters. The van der Waals surface area contributed by atoms with Crippen molar-refractivity contribution in [2.45, 2.75) is 31.4 Å². The van der Waals surface area contributed by atoms with E-state index < -0.39 is 15.8 Å². The third-order valence-corrected chi connectivity index (χ3v) is 8.40. The molecule has 2 saturated heterocycles. The number of piperidine rings is 1. The van der Waals surface area contributed by atoms with Crippen LogP contribution in [0.5, 0.6) is 0 Å². The second-order valence-corrected chi connectivity index (χ2v) is 10.4. The van der Waals surface area contributed by atoms with Gasteiger partial charge in [-0.2, -0.15) is 0 Å². The zero-order valence-electron chi connectivity index (χ0n) is 16.6. The van der Waals surface area contributed by atoms with E-state index in [1.54, 1.807) is 4.31 Å². The standard InChI is InChI=1S/C20H24ClFN4O3S/c1-13-12-26(30(27,28)15-5-8-29-9-6-15)7-4-16(13)18-10-19(21)25-20(24-18)17-3-2-14(22)11-23-17/h2-3,11,13,15-16H,4-9,12H2,1H3,(H,24,25)/t13-,16+/m0/s1. The van der Waals surface area contributed by atoms with Gasteiger partial charge in [0.1, 0.15) is 11.5 Å². The summed E-state index contributed by atoms with van der Waals surface area (Å²) in [5.41, 5.74) is 4.29. The van der Waals surface area contributed by atoms with E-state index in [0.29, 0.717) is 57.1 Å². The Morgan fingerprint density at radius 1 is 1.30 bits per heavy atom. The summed E-state index contributed by atoms with van der Waals surface area (Å²) in [6.07, 6.45) is 2.86. The lowest BCUT2D eigenvalue weighted by molar-refractivity contribution is 0.0963. The van der Waals surface area contributed by atoms with Crippen LogP contribution in [0.2, 0.25) is 0 Å². The number of ether oxygens (including phenoxy) is 1. The first-order valence-corrected chi connectivity index (χ1v) is 11.9. The highest BCUT2D eigenvalue weighted by Gasteiger charge is 2.39. The summed E-state index contributed by atoms with van der Waals surface area (Å²) >= 11 is 6.19. The molecule has 0 bridgehead atoms. The topological polar surface area (TPSA) is 83.9 Å². The number of rotatable bonds is 4.